The van der Waals surface area contributed by atoms with Crippen LogP contribution in [0.3, 0.4) is 0 Å². The molecule has 2 aromatic carbocycles. The Bertz CT molecular complexity index is 676. The van der Waals surface area contributed by atoms with Crippen LogP contribution in [0, 0.1) is 0 Å². The molecule has 0 atom stereocenters. The van der Waals surface area contributed by atoms with E-state index in [1.165, 1.54) is 11.6 Å². The predicted molar refractivity (Wildman–Crippen MR) is 91.6 cm³/mol. The summed E-state index contributed by atoms with van der Waals surface area (Å²) in [7, 11) is 0. The van der Waals surface area contributed by atoms with E-state index in [4.69, 9.17) is 27.9 Å². The maximum Gasteiger partial charge on any atom is 0.336 e. The van der Waals surface area contributed by atoms with Gasteiger partial charge in [-0.1, -0.05) is 54.7 Å². The van der Waals surface area contributed by atoms with Crippen LogP contribution in [0.15, 0.2) is 48.5 Å². The van der Waals surface area contributed by atoms with Crippen LogP contribution in [0.5, 0.6) is 5.75 Å². The Morgan fingerprint density at radius 3 is 2.45 bits per heavy atom. The van der Waals surface area contributed by atoms with Gasteiger partial charge >= 0.3 is 5.97 Å². The maximum absolute atomic E-state index is 11.8. The molecular formula is C18H16Cl2O2. The molecule has 22 heavy (non-hydrogen) atoms. The van der Waals surface area contributed by atoms with Gasteiger partial charge in [-0.2, -0.15) is 0 Å². The molecule has 0 spiro atoms. The number of halogens is 2. The fraction of sp³-hybridized carbons (Fsp3) is 0.167. The van der Waals surface area contributed by atoms with Gasteiger partial charge < -0.3 is 4.74 Å². The lowest BCUT2D eigenvalue weighted by molar-refractivity contribution is -0.128. The smallest absolute Gasteiger partial charge is 0.336 e. The summed E-state index contributed by atoms with van der Waals surface area (Å²) >= 11 is 11.8. The van der Waals surface area contributed by atoms with E-state index in [2.05, 4.69) is 6.92 Å². The van der Waals surface area contributed by atoms with Crippen LogP contribution in [0.4, 0.5) is 0 Å². The molecule has 0 radical (unpaired) electrons. The minimum atomic E-state index is -0.436. The molecule has 0 fully saturated rings. The van der Waals surface area contributed by atoms with Crippen LogP contribution >= 0.6 is 23.2 Å². The van der Waals surface area contributed by atoms with E-state index in [-0.39, 0.29) is 0 Å². The Morgan fingerprint density at radius 1 is 1.09 bits per heavy atom. The minimum absolute atomic E-state index is 0.436. The van der Waals surface area contributed by atoms with Crippen molar-refractivity contribution in [2.75, 3.05) is 0 Å². The van der Waals surface area contributed by atoms with Gasteiger partial charge in [-0.25, -0.2) is 4.79 Å². The highest BCUT2D eigenvalue weighted by atomic mass is 35.5. The summed E-state index contributed by atoms with van der Waals surface area (Å²) in [5.41, 5.74) is 2.01. The monoisotopic (exact) mass is 334 g/mol. The molecule has 0 aliphatic heterocycles. The van der Waals surface area contributed by atoms with Gasteiger partial charge in [-0.15, -0.1) is 0 Å². The molecule has 0 aromatic heterocycles. The maximum atomic E-state index is 11.8. The van der Waals surface area contributed by atoms with Crippen LogP contribution in [-0.4, -0.2) is 5.97 Å². The molecule has 0 saturated heterocycles. The van der Waals surface area contributed by atoms with Crippen molar-refractivity contribution < 1.29 is 9.53 Å². The number of aryl methyl sites for hydroxylation is 1. The summed E-state index contributed by atoms with van der Waals surface area (Å²) in [5.74, 6) is 0.0953. The van der Waals surface area contributed by atoms with E-state index < -0.39 is 5.97 Å². The van der Waals surface area contributed by atoms with Gasteiger partial charge in [-0.3, -0.25) is 0 Å². The largest absolute Gasteiger partial charge is 0.423 e. The zero-order chi connectivity index (χ0) is 15.9. The summed E-state index contributed by atoms with van der Waals surface area (Å²) < 4.78 is 5.24. The van der Waals surface area contributed by atoms with Crippen molar-refractivity contribution in [1.82, 2.24) is 0 Å². The zero-order valence-corrected chi connectivity index (χ0v) is 13.7. The molecule has 0 saturated carbocycles. The first-order valence-electron chi connectivity index (χ1n) is 7.02. The summed E-state index contributed by atoms with van der Waals surface area (Å²) in [6.45, 7) is 2.13. The van der Waals surface area contributed by atoms with E-state index in [0.717, 1.165) is 18.4 Å². The van der Waals surface area contributed by atoms with Crippen molar-refractivity contribution in [3.05, 3.63) is 69.7 Å². The average molecular weight is 335 g/mol. The Balaban J connectivity index is 1.97. The van der Waals surface area contributed by atoms with Crippen LogP contribution in [-0.2, 0) is 11.2 Å². The Hall–Kier alpha value is -1.77. The van der Waals surface area contributed by atoms with Crippen molar-refractivity contribution in [2.45, 2.75) is 19.8 Å². The van der Waals surface area contributed by atoms with Gasteiger partial charge in [0.2, 0.25) is 0 Å². The average Bonchev–Trinajstić information content (AvgIpc) is 2.51. The van der Waals surface area contributed by atoms with E-state index in [1.807, 2.05) is 12.1 Å². The zero-order valence-electron chi connectivity index (χ0n) is 12.2. The second kappa shape index (κ2) is 8.02. The molecule has 4 heteroatoms. The number of rotatable bonds is 5. The van der Waals surface area contributed by atoms with Gasteiger partial charge in [0.25, 0.3) is 0 Å². The Kier molecular flexibility index (Phi) is 6.05. The molecule has 0 N–H and O–H groups in total. The third-order valence-corrected chi connectivity index (χ3v) is 3.78. The van der Waals surface area contributed by atoms with E-state index in [1.54, 1.807) is 36.4 Å². The van der Waals surface area contributed by atoms with Crippen molar-refractivity contribution in [1.29, 1.82) is 0 Å². The normalized spacial score (nSPS) is 10.9. The Morgan fingerprint density at radius 2 is 1.82 bits per heavy atom. The molecule has 0 bridgehead atoms. The summed E-state index contributed by atoms with van der Waals surface area (Å²) in [4.78, 5) is 11.8. The first-order chi connectivity index (χ1) is 10.6. The lowest BCUT2D eigenvalue weighted by Gasteiger charge is -2.03. The highest BCUT2D eigenvalue weighted by Gasteiger charge is 2.02. The van der Waals surface area contributed by atoms with Crippen molar-refractivity contribution >= 4 is 35.2 Å². The van der Waals surface area contributed by atoms with Crippen LogP contribution in [0.1, 0.15) is 24.5 Å². The second-order valence-electron chi connectivity index (χ2n) is 4.82. The molecular weight excluding hydrogens is 319 g/mol. The molecule has 0 aliphatic rings. The number of hydrogen-bond donors (Lipinski definition) is 0. The molecule has 2 rings (SSSR count). The second-order valence-corrected chi connectivity index (χ2v) is 5.64. The van der Waals surface area contributed by atoms with Crippen LogP contribution < -0.4 is 4.74 Å². The summed E-state index contributed by atoms with van der Waals surface area (Å²) in [5, 5.41) is 0.928. The van der Waals surface area contributed by atoms with Crippen molar-refractivity contribution in [2.24, 2.45) is 0 Å². The standard InChI is InChI=1S/C18H16Cl2O2/c1-2-3-13-4-8-15(9-5-13)22-18(21)11-7-14-6-10-16(19)17(20)12-14/h4-12H,2-3H2,1H3/b11-7+. The van der Waals surface area contributed by atoms with Crippen molar-refractivity contribution in [3.63, 3.8) is 0 Å². The predicted octanol–water partition coefficient (Wildman–Crippen LogP) is 5.56. The molecule has 2 aromatic rings. The van der Waals surface area contributed by atoms with Gasteiger partial charge in [0.1, 0.15) is 5.75 Å². The fourth-order valence-electron chi connectivity index (χ4n) is 1.94. The van der Waals surface area contributed by atoms with Gasteiger partial charge in [0.05, 0.1) is 10.0 Å². The first kappa shape index (κ1) is 16.6. The number of hydrogen-bond acceptors (Lipinski definition) is 2. The minimum Gasteiger partial charge on any atom is -0.423 e. The van der Waals surface area contributed by atoms with E-state index in [0.29, 0.717) is 15.8 Å². The highest BCUT2D eigenvalue weighted by Crippen LogP contribution is 2.23. The highest BCUT2D eigenvalue weighted by molar-refractivity contribution is 6.42. The molecule has 0 unspecified atom stereocenters. The SMILES string of the molecule is CCCc1ccc(OC(=O)/C=C/c2ccc(Cl)c(Cl)c2)cc1. The lowest BCUT2D eigenvalue weighted by atomic mass is 10.1. The number of esters is 1. The van der Waals surface area contributed by atoms with Crippen molar-refractivity contribution in [3.8, 4) is 5.75 Å². The molecule has 0 aliphatic carbocycles. The topological polar surface area (TPSA) is 26.3 Å². The summed E-state index contributed by atoms with van der Waals surface area (Å²) in [6, 6.07) is 12.7. The molecule has 2 nitrogen and oxygen atoms in total. The molecule has 0 heterocycles. The van der Waals surface area contributed by atoms with Crippen LogP contribution in [0.2, 0.25) is 10.0 Å². The molecule has 114 valence electrons. The van der Waals surface area contributed by atoms with E-state index >= 15 is 0 Å². The summed E-state index contributed by atoms with van der Waals surface area (Å²) in [6.07, 6.45) is 5.10. The fourth-order valence-corrected chi connectivity index (χ4v) is 2.25. The van der Waals surface area contributed by atoms with Gasteiger partial charge in [-0.05, 0) is 47.9 Å². The number of benzene rings is 2. The third-order valence-electron chi connectivity index (χ3n) is 3.04. The quantitative estimate of drug-likeness (QED) is 0.406. The van der Waals surface area contributed by atoms with Crippen LogP contribution in [0.25, 0.3) is 6.08 Å². The molecule has 0 amide bonds. The van der Waals surface area contributed by atoms with E-state index in [9.17, 15) is 4.79 Å². The number of carbonyl (C=O) groups excluding carboxylic acids is 1. The third kappa shape index (κ3) is 4.90. The first-order valence-corrected chi connectivity index (χ1v) is 7.78. The number of ether oxygens (including phenoxy) is 1. The van der Waals surface area contributed by atoms with Gasteiger partial charge in [0, 0.05) is 6.08 Å². The van der Waals surface area contributed by atoms with Gasteiger partial charge in [0.15, 0.2) is 0 Å². The lowest BCUT2D eigenvalue weighted by Crippen LogP contribution is -2.03. The Labute approximate surface area is 140 Å². The number of carbonyl (C=O) groups is 1.